The number of hydrogen-bond acceptors (Lipinski definition) is 4. The van der Waals surface area contributed by atoms with Gasteiger partial charge in [-0.1, -0.05) is 23.7 Å². The van der Waals surface area contributed by atoms with E-state index >= 15 is 0 Å². The number of hydrogen-bond donors (Lipinski definition) is 2. The molecule has 1 fully saturated rings. The smallest absolute Gasteiger partial charge is 0.319 e. The molecule has 5 nitrogen and oxygen atoms in total. The molecule has 1 aliphatic rings. The summed E-state index contributed by atoms with van der Waals surface area (Å²) in [5, 5.41) is 8.66. The average molecular weight is 393 g/mol. The second kappa shape index (κ2) is 8.86. The molecule has 3 rings (SSSR count). The molecule has 1 saturated heterocycles. The van der Waals surface area contributed by atoms with Crippen LogP contribution < -0.4 is 10.6 Å². The van der Waals surface area contributed by atoms with Gasteiger partial charge in [-0.25, -0.2) is 4.79 Å². The van der Waals surface area contributed by atoms with Crippen LogP contribution in [0.2, 0.25) is 5.02 Å². The van der Waals surface area contributed by atoms with Gasteiger partial charge in [0.15, 0.2) is 0 Å². The molecular weight excluding hydrogens is 368 g/mol. The highest BCUT2D eigenvalue weighted by atomic mass is 35.5. The number of nitrogens with zero attached hydrogens (tertiary/aromatic N) is 2. The number of likely N-dealkylation sites (N-methyl/N-ethyl adjacent to an activating group) is 1. The first-order valence-electron chi connectivity index (χ1n) is 8.82. The van der Waals surface area contributed by atoms with Crippen LogP contribution in [0.4, 0.5) is 10.5 Å². The van der Waals surface area contributed by atoms with Crippen molar-refractivity contribution in [3.05, 3.63) is 51.7 Å². The topological polar surface area (TPSA) is 47.6 Å². The summed E-state index contributed by atoms with van der Waals surface area (Å²) in [4.78, 5) is 18.5. The molecule has 2 heterocycles. The number of amides is 2. The van der Waals surface area contributed by atoms with Gasteiger partial charge < -0.3 is 15.5 Å². The highest BCUT2D eigenvalue weighted by molar-refractivity contribution is 7.10. The molecule has 140 valence electrons. The molecule has 2 amide bonds. The van der Waals surface area contributed by atoms with Crippen LogP contribution >= 0.6 is 22.9 Å². The molecule has 0 spiro atoms. The number of piperazine rings is 1. The summed E-state index contributed by atoms with van der Waals surface area (Å²) in [6.07, 6.45) is 0. The molecule has 0 radical (unpaired) electrons. The molecule has 2 N–H and O–H groups in total. The molecule has 0 aliphatic carbocycles. The van der Waals surface area contributed by atoms with Crippen molar-refractivity contribution in [1.82, 2.24) is 15.1 Å². The number of rotatable bonds is 5. The molecule has 1 aromatic heterocycles. The number of thiophene rings is 1. The standard InChI is InChI=1S/C19H25ClN4OS/c1-14(21-19(25)22-16-6-3-5-15(20)13-16)18(17-7-4-12-26-17)24-10-8-23(2)9-11-24/h3-7,12-14,18H,8-11H2,1-2H3,(H2,21,22,25)/t14-,18-/m1/s1. The number of carbonyl (C=O) groups excluding carboxylic acids is 1. The lowest BCUT2D eigenvalue weighted by atomic mass is 10.1. The highest BCUT2D eigenvalue weighted by Crippen LogP contribution is 2.29. The van der Waals surface area contributed by atoms with Crippen LogP contribution in [-0.4, -0.2) is 55.1 Å². The highest BCUT2D eigenvalue weighted by Gasteiger charge is 2.30. The van der Waals surface area contributed by atoms with Gasteiger partial charge >= 0.3 is 6.03 Å². The van der Waals surface area contributed by atoms with Gasteiger partial charge in [-0.15, -0.1) is 11.3 Å². The van der Waals surface area contributed by atoms with Crippen LogP contribution in [0, 0.1) is 0 Å². The van der Waals surface area contributed by atoms with Crippen LogP contribution in [0.25, 0.3) is 0 Å². The van der Waals surface area contributed by atoms with Gasteiger partial charge in [0.25, 0.3) is 0 Å². The zero-order chi connectivity index (χ0) is 18.5. The van der Waals surface area contributed by atoms with Crippen molar-refractivity contribution in [1.29, 1.82) is 0 Å². The third-order valence-electron chi connectivity index (χ3n) is 4.68. The molecular formula is C19H25ClN4OS. The molecule has 2 atom stereocenters. The maximum absolute atomic E-state index is 12.5. The van der Waals surface area contributed by atoms with Crippen LogP contribution in [0.5, 0.6) is 0 Å². The molecule has 0 unspecified atom stereocenters. The third kappa shape index (κ3) is 4.98. The van der Waals surface area contributed by atoms with E-state index < -0.39 is 0 Å². The minimum absolute atomic E-state index is 0.0174. The Bertz CT molecular complexity index is 716. The lowest BCUT2D eigenvalue weighted by Crippen LogP contribution is -2.51. The summed E-state index contributed by atoms with van der Waals surface area (Å²) < 4.78 is 0. The Kier molecular flexibility index (Phi) is 6.53. The molecule has 1 aliphatic heterocycles. The van der Waals surface area contributed by atoms with E-state index in [1.165, 1.54) is 4.88 Å². The van der Waals surface area contributed by atoms with E-state index in [0.717, 1.165) is 26.2 Å². The Morgan fingerprint density at radius 2 is 1.96 bits per heavy atom. The van der Waals surface area contributed by atoms with Crippen molar-refractivity contribution in [2.75, 3.05) is 38.5 Å². The zero-order valence-corrected chi connectivity index (χ0v) is 16.7. The second-order valence-electron chi connectivity index (χ2n) is 6.70. The molecule has 0 bridgehead atoms. The van der Waals surface area contributed by atoms with Crippen molar-refractivity contribution in [2.45, 2.75) is 19.0 Å². The molecule has 7 heteroatoms. The van der Waals surface area contributed by atoms with Gasteiger partial charge in [0, 0.05) is 47.8 Å². The summed E-state index contributed by atoms with van der Waals surface area (Å²) in [5.41, 5.74) is 0.689. The first kappa shape index (κ1) is 19.2. The minimum Gasteiger partial charge on any atom is -0.333 e. The fourth-order valence-corrected chi connectivity index (χ4v) is 4.48. The van der Waals surface area contributed by atoms with Gasteiger partial charge in [-0.3, -0.25) is 4.90 Å². The van der Waals surface area contributed by atoms with Crippen LogP contribution in [-0.2, 0) is 0 Å². The van der Waals surface area contributed by atoms with Crippen molar-refractivity contribution in [2.24, 2.45) is 0 Å². The summed E-state index contributed by atoms with van der Waals surface area (Å²) in [7, 11) is 2.15. The normalized spacial score (nSPS) is 18.3. The number of anilines is 1. The summed E-state index contributed by atoms with van der Waals surface area (Å²) in [5.74, 6) is 0. The lowest BCUT2D eigenvalue weighted by Gasteiger charge is -2.40. The minimum atomic E-state index is -0.213. The number of urea groups is 1. The molecule has 2 aromatic rings. The Balaban J connectivity index is 1.67. The number of nitrogens with one attached hydrogen (secondary N) is 2. The van der Waals surface area contributed by atoms with Gasteiger partial charge in [-0.05, 0) is 43.6 Å². The fraction of sp³-hybridized carbons (Fsp3) is 0.421. The average Bonchev–Trinajstić information content (AvgIpc) is 3.11. The first-order chi connectivity index (χ1) is 12.5. The van der Waals surface area contributed by atoms with E-state index in [9.17, 15) is 4.79 Å². The van der Waals surface area contributed by atoms with Gasteiger partial charge in [-0.2, -0.15) is 0 Å². The van der Waals surface area contributed by atoms with E-state index in [2.05, 4.69) is 51.9 Å². The monoisotopic (exact) mass is 392 g/mol. The number of halogens is 1. The molecule has 0 saturated carbocycles. The SMILES string of the molecule is C[C@@H](NC(=O)Nc1cccc(Cl)c1)[C@H](c1cccs1)N1CCN(C)CC1. The van der Waals surface area contributed by atoms with Crippen molar-refractivity contribution in [3.63, 3.8) is 0 Å². The van der Waals surface area contributed by atoms with Gasteiger partial charge in [0.2, 0.25) is 0 Å². The lowest BCUT2D eigenvalue weighted by molar-refractivity contribution is 0.0971. The van der Waals surface area contributed by atoms with E-state index in [0.29, 0.717) is 10.7 Å². The predicted octanol–water partition coefficient (Wildman–Crippen LogP) is 3.90. The Morgan fingerprint density at radius 1 is 1.19 bits per heavy atom. The maximum atomic E-state index is 12.5. The van der Waals surface area contributed by atoms with E-state index in [1.54, 1.807) is 23.5 Å². The largest absolute Gasteiger partial charge is 0.333 e. The predicted molar refractivity (Wildman–Crippen MR) is 109 cm³/mol. The van der Waals surface area contributed by atoms with Crippen molar-refractivity contribution in [3.8, 4) is 0 Å². The Hall–Kier alpha value is -1.60. The van der Waals surface area contributed by atoms with Crippen molar-refractivity contribution >= 4 is 34.7 Å². The maximum Gasteiger partial charge on any atom is 0.319 e. The van der Waals surface area contributed by atoms with Crippen molar-refractivity contribution < 1.29 is 4.79 Å². The first-order valence-corrected chi connectivity index (χ1v) is 10.1. The zero-order valence-electron chi connectivity index (χ0n) is 15.1. The molecule has 26 heavy (non-hydrogen) atoms. The Morgan fingerprint density at radius 3 is 2.62 bits per heavy atom. The summed E-state index contributed by atoms with van der Waals surface area (Å²) >= 11 is 7.73. The van der Waals surface area contributed by atoms with Crippen LogP contribution in [0.1, 0.15) is 17.8 Å². The van der Waals surface area contributed by atoms with Gasteiger partial charge in [0.05, 0.1) is 6.04 Å². The van der Waals surface area contributed by atoms with Crippen LogP contribution in [0.15, 0.2) is 41.8 Å². The molecule has 1 aromatic carbocycles. The Labute approximate surface area is 163 Å². The summed E-state index contributed by atoms with van der Waals surface area (Å²) in [6.45, 7) is 6.16. The summed E-state index contributed by atoms with van der Waals surface area (Å²) in [6, 6.07) is 11.3. The van der Waals surface area contributed by atoms with E-state index in [-0.39, 0.29) is 18.1 Å². The van der Waals surface area contributed by atoms with Crippen LogP contribution in [0.3, 0.4) is 0 Å². The third-order valence-corrected chi connectivity index (χ3v) is 5.86. The van der Waals surface area contributed by atoms with E-state index in [4.69, 9.17) is 11.6 Å². The second-order valence-corrected chi connectivity index (χ2v) is 8.11. The number of benzene rings is 1. The van der Waals surface area contributed by atoms with Gasteiger partial charge in [0.1, 0.15) is 0 Å². The van der Waals surface area contributed by atoms with E-state index in [1.807, 2.05) is 12.1 Å². The fourth-order valence-electron chi connectivity index (χ4n) is 3.32. The quantitative estimate of drug-likeness (QED) is 0.811. The number of carbonyl (C=O) groups is 1.